The van der Waals surface area contributed by atoms with Crippen molar-refractivity contribution >= 4 is 5.91 Å². The van der Waals surface area contributed by atoms with Crippen LogP contribution in [0.2, 0.25) is 0 Å². The van der Waals surface area contributed by atoms with Gasteiger partial charge in [0.25, 0.3) is 0 Å². The molecule has 0 N–H and O–H groups in total. The number of nitrogens with zero attached hydrogens (tertiary/aromatic N) is 2. The summed E-state index contributed by atoms with van der Waals surface area (Å²) in [5.41, 5.74) is 0. The van der Waals surface area contributed by atoms with Crippen molar-refractivity contribution in [2.75, 3.05) is 32.7 Å². The minimum absolute atomic E-state index is 0.397. The number of carbonyl (C=O) groups excluding carboxylic acids is 1. The molecule has 172 valence electrons. The Kier molecular flexibility index (Phi) is 17.7. The zero-order valence-electron chi connectivity index (χ0n) is 20.1. The van der Waals surface area contributed by atoms with Gasteiger partial charge in [-0.2, -0.15) is 0 Å². The molecule has 3 heteroatoms. The van der Waals surface area contributed by atoms with Crippen molar-refractivity contribution in [3.63, 3.8) is 0 Å². The van der Waals surface area contributed by atoms with Gasteiger partial charge in [0.1, 0.15) is 0 Å². The maximum absolute atomic E-state index is 12.6. The van der Waals surface area contributed by atoms with Crippen LogP contribution in [-0.4, -0.2) is 48.4 Å². The summed E-state index contributed by atoms with van der Waals surface area (Å²) in [7, 11) is 0. The lowest BCUT2D eigenvalue weighted by molar-refractivity contribution is -0.132. The van der Waals surface area contributed by atoms with E-state index in [9.17, 15) is 4.79 Å². The topological polar surface area (TPSA) is 23.6 Å². The monoisotopic (exact) mass is 408 g/mol. The first-order chi connectivity index (χ1) is 14.3. The molecule has 0 bridgehead atoms. The lowest BCUT2D eigenvalue weighted by atomic mass is 10.1. The van der Waals surface area contributed by atoms with E-state index >= 15 is 0 Å². The summed E-state index contributed by atoms with van der Waals surface area (Å²) >= 11 is 0. The second-order valence-electron chi connectivity index (χ2n) is 9.28. The minimum atomic E-state index is 0.397. The normalized spacial score (nSPS) is 14.7. The maximum atomic E-state index is 12.6. The molecule has 3 nitrogen and oxygen atoms in total. The maximum Gasteiger partial charge on any atom is 0.223 e. The summed E-state index contributed by atoms with van der Waals surface area (Å²) in [6.07, 6.45) is 23.6. The highest BCUT2D eigenvalue weighted by molar-refractivity contribution is 5.76. The van der Waals surface area contributed by atoms with Gasteiger partial charge in [-0.05, 0) is 45.2 Å². The Balaban J connectivity index is 2.22. The number of amides is 1. The average molecular weight is 409 g/mol. The molecule has 0 spiro atoms. The van der Waals surface area contributed by atoms with Gasteiger partial charge in [0.2, 0.25) is 5.91 Å². The molecule has 0 unspecified atom stereocenters. The van der Waals surface area contributed by atoms with Crippen molar-refractivity contribution in [3.05, 3.63) is 0 Å². The van der Waals surface area contributed by atoms with Crippen LogP contribution in [0.15, 0.2) is 0 Å². The van der Waals surface area contributed by atoms with Crippen molar-refractivity contribution < 1.29 is 4.79 Å². The van der Waals surface area contributed by atoms with E-state index in [2.05, 4.69) is 23.6 Å². The quantitative estimate of drug-likeness (QED) is 0.211. The Morgan fingerprint density at radius 3 is 1.55 bits per heavy atom. The summed E-state index contributed by atoms with van der Waals surface area (Å²) in [6, 6.07) is 0. The lowest BCUT2D eigenvalue weighted by Gasteiger charge is -2.28. The number of unbranched alkanes of at least 4 members (excludes halogenated alkanes) is 12. The zero-order chi connectivity index (χ0) is 21.0. The predicted molar refractivity (Wildman–Crippen MR) is 127 cm³/mol. The van der Waals surface area contributed by atoms with Gasteiger partial charge >= 0.3 is 0 Å². The standard InChI is InChI=1S/C26H52N2O/c1-3-5-7-9-11-13-16-21-27(22-17-14-12-10-8-6-4-2)25-20-26(29)28-23-18-15-19-24-28/h3-25H2,1-2H3. The lowest BCUT2D eigenvalue weighted by Crippen LogP contribution is -2.38. The number of likely N-dealkylation sites (tertiary alicyclic amines) is 1. The molecular formula is C26H52N2O. The molecular weight excluding hydrogens is 356 g/mol. The zero-order valence-corrected chi connectivity index (χ0v) is 20.1. The van der Waals surface area contributed by atoms with Crippen LogP contribution in [-0.2, 0) is 4.79 Å². The molecule has 0 aliphatic carbocycles. The molecule has 1 rings (SSSR count). The van der Waals surface area contributed by atoms with Crippen molar-refractivity contribution in [1.82, 2.24) is 9.80 Å². The van der Waals surface area contributed by atoms with E-state index in [1.165, 1.54) is 122 Å². The van der Waals surface area contributed by atoms with E-state index in [0.717, 1.165) is 26.1 Å². The Bertz CT molecular complexity index is 348. The van der Waals surface area contributed by atoms with E-state index in [4.69, 9.17) is 0 Å². The number of hydrogen-bond donors (Lipinski definition) is 0. The van der Waals surface area contributed by atoms with Crippen LogP contribution >= 0.6 is 0 Å². The summed E-state index contributed by atoms with van der Waals surface area (Å²) < 4.78 is 0. The Morgan fingerprint density at radius 2 is 1.07 bits per heavy atom. The Morgan fingerprint density at radius 1 is 0.621 bits per heavy atom. The van der Waals surface area contributed by atoms with Gasteiger partial charge in [0.15, 0.2) is 0 Å². The van der Waals surface area contributed by atoms with Crippen LogP contribution in [0.5, 0.6) is 0 Å². The van der Waals surface area contributed by atoms with Crippen LogP contribution in [0.1, 0.15) is 129 Å². The third-order valence-electron chi connectivity index (χ3n) is 6.51. The van der Waals surface area contributed by atoms with Crippen molar-refractivity contribution in [1.29, 1.82) is 0 Å². The Labute approximate surface area is 183 Å². The second kappa shape index (κ2) is 19.4. The van der Waals surface area contributed by atoms with Crippen molar-refractivity contribution in [2.24, 2.45) is 0 Å². The van der Waals surface area contributed by atoms with Crippen LogP contribution in [0, 0.1) is 0 Å². The fourth-order valence-corrected chi connectivity index (χ4v) is 4.48. The molecule has 29 heavy (non-hydrogen) atoms. The van der Waals surface area contributed by atoms with E-state index in [1.54, 1.807) is 0 Å². The second-order valence-corrected chi connectivity index (χ2v) is 9.28. The molecule has 0 aromatic rings. The van der Waals surface area contributed by atoms with Gasteiger partial charge in [0.05, 0.1) is 0 Å². The van der Waals surface area contributed by atoms with Gasteiger partial charge in [-0.3, -0.25) is 4.79 Å². The smallest absolute Gasteiger partial charge is 0.223 e. The molecule has 0 aromatic carbocycles. The fourth-order valence-electron chi connectivity index (χ4n) is 4.48. The van der Waals surface area contributed by atoms with E-state index in [-0.39, 0.29) is 0 Å². The van der Waals surface area contributed by atoms with E-state index < -0.39 is 0 Å². The third kappa shape index (κ3) is 15.0. The van der Waals surface area contributed by atoms with Crippen LogP contribution < -0.4 is 0 Å². The number of carbonyl (C=O) groups is 1. The summed E-state index contributed by atoms with van der Waals surface area (Å²) in [6.45, 7) is 9.91. The van der Waals surface area contributed by atoms with Gasteiger partial charge in [-0.15, -0.1) is 0 Å². The van der Waals surface area contributed by atoms with Crippen molar-refractivity contribution in [2.45, 2.75) is 129 Å². The number of hydrogen-bond acceptors (Lipinski definition) is 2. The van der Waals surface area contributed by atoms with Gasteiger partial charge in [-0.1, -0.05) is 90.9 Å². The van der Waals surface area contributed by atoms with Gasteiger partial charge in [0, 0.05) is 26.1 Å². The molecule has 1 amide bonds. The molecule has 1 fully saturated rings. The molecule has 0 radical (unpaired) electrons. The van der Waals surface area contributed by atoms with Gasteiger partial charge in [-0.25, -0.2) is 0 Å². The fraction of sp³-hybridized carbons (Fsp3) is 0.962. The summed E-state index contributed by atoms with van der Waals surface area (Å²) in [4.78, 5) is 17.3. The average Bonchev–Trinajstić information content (AvgIpc) is 2.76. The van der Waals surface area contributed by atoms with Gasteiger partial charge < -0.3 is 9.80 Å². The van der Waals surface area contributed by atoms with Crippen LogP contribution in [0.25, 0.3) is 0 Å². The Hall–Kier alpha value is -0.570. The minimum Gasteiger partial charge on any atom is -0.343 e. The molecule has 0 atom stereocenters. The molecule has 1 saturated heterocycles. The first kappa shape index (κ1) is 26.5. The largest absolute Gasteiger partial charge is 0.343 e. The highest BCUT2D eigenvalue weighted by Gasteiger charge is 2.17. The predicted octanol–water partition coefficient (Wildman–Crippen LogP) is 7.19. The molecule has 1 heterocycles. The highest BCUT2D eigenvalue weighted by atomic mass is 16.2. The first-order valence-electron chi connectivity index (χ1n) is 13.3. The van der Waals surface area contributed by atoms with E-state index in [1.807, 2.05) is 0 Å². The van der Waals surface area contributed by atoms with E-state index in [0.29, 0.717) is 5.91 Å². The summed E-state index contributed by atoms with van der Waals surface area (Å²) in [5.74, 6) is 0.397. The third-order valence-corrected chi connectivity index (χ3v) is 6.51. The first-order valence-corrected chi connectivity index (χ1v) is 13.3. The summed E-state index contributed by atoms with van der Waals surface area (Å²) in [5, 5.41) is 0. The van der Waals surface area contributed by atoms with Crippen LogP contribution in [0.3, 0.4) is 0 Å². The highest BCUT2D eigenvalue weighted by Crippen LogP contribution is 2.13. The molecule has 1 aliphatic heterocycles. The SMILES string of the molecule is CCCCCCCCCN(CCCCCCCCC)CCC(=O)N1CCCCC1. The number of piperidine rings is 1. The number of rotatable bonds is 19. The van der Waals surface area contributed by atoms with Crippen LogP contribution in [0.4, 0.5) is 0 Å². The van der Waals surface area contributed by atoms with Crippen molar-refractivity contribution in [3.8, 4) is 0 Å². The molecule has 0 saturated carbocycles. The molecule has 1 aliphatic rings. The molecule has 0 aromatic heterocycles.